The Hall–Kier alpha value is -2.83. The summed E-state index contributed by atoms with van der Waals surface area (Å²) in [5.41, 5.74) is -0.678. The quantitative estimate of drug-likeness (QED) is 0.877. The number of carbonyl (C=O) groups is 2. The number of pyridine rings is 1. The number of fused-ring (bicyclic) bond motifs is 1. The second-order valence-electron chi connectivity index (χ2n) is 7.44. The van der Waals surface area contributed by atoms with Crippen molar-refractivity contribution in [1.29, 1.82) is 0 Å². The van der Waals surface area contributed by atoms with Crippen LogP contribution in [-0.4, -0.2) is 51.3 Å². The molecule has 1 aliphatic rings. The molecule has 2 N–H and O–H groups in total. The lowest BCUT2D eigenvalue weighted by Crippen LogP contribution is -2.43. The molecule has 2 aromatic rings. The molecule has 0 bridgehead atoms. The molecule has 138 valence electrons. The van der Waals surface area contributed by atoms with Crippen LogP contribution in [0.2, 0.25) is 0 Å². The molecule has 1 aromatic carbocycles. The van der Waals surface area contributed by atoms with Gasteiger partial charge in [0.15, 0.2) is 0 Å². The van der Waals surface area contributed by atoms with Gasteiger partial charge in [-0.3, -0.25) is 4.90 Å². The number of carboxylic acids is 1. The van der Waals surface area contributed by atoms with Crippen molar-refractivity contribution in [2.45, 2.75) is 44.9 Å². The zero-order chi connectivity index (χ0) is 18.9. The normalized spacial score (nSPS) is 20.2. The fourth-order valence-corrected chi connectivity index (χ4v) is 3.12. The van der Waals surface area contributed by atoms with E-state index in [1.54, 1.807) is 27.0 Å². The number of benzene rings is 1. The highest BCUT2D eigenvalue weighted by molar-refractivity contribution is 5.91. The highest BCUT2D eigenvalue weighted by Crippen LogP contribution is 2.26. The van der Waals surface area contributed by atoms with Gasteiger partial charge in [0.25, 0.3) is 0 Å². The molecule has 0 aliphatic carbocycles. The van der Waals surface area contributed by atoms with Crippen molar-refractivity contribution in [3.8, 4) is 0 Å². The predicted molar refractivity (Wildman–Crippen MR) is 98.1 cm³/mol. The van der Waals surface area contributed by atoms with Crippen LogP contribution in [0.1, 0.15) is 27.2 Å². The van der Waals surface area contributed by atoms with Gasteiger partial charge in [0.05, 0.1) is 0 Å². The highest BCUT2D eigenvalue weighted by atomic mass is 16.6. The van der Waals surface area contributed by atoms with E-state index in [1.165, 1.54) is 4.90 Å². The summed E-state index contributed by atoms with van der Waals surface area (Å²) in [5.74, 6) is -0.352. The van der Waals surface area contributed by atoms with Gasteiger partial charge in [-0.1, -0.05) is 24.3 Å². The first-order valence-electron chi connectivity index (χ1n) is 8.57. The third kappa shape index (κ3) is 3.87. The summed E-state index contributed by atoms with van der Waals surface area (Å²) in [6.07, 6.45) is 1.39. The Kier molecular flexibility index (Phi) is 4.71. The van der Waals surface area contributed by atoms with Crippen molar-refractivity contribution in [2.75, 3.05) is 11.9 Å². The SMILES string of the molecule is CC(C)(C)OC(=O)N1C[C@H](Nc2nccc3ccccc23)C[C@H]1C(=O)O. The largest absolute Gasteiger partial charge is 0.480 e. The van der Waals surface area contributed by atoms with Gasteiger partial charge in [0, 0.05) is 30.6 Å². The topological polar surface area (TPSA) is 91.8 Å². The van der Waals surface area contributed by atoms with Gasteiger partial charge in [-0.2, -0.15) is 0 Å². The molecule has 0 radical (unpaired) electrons. The molecule has 2 atom stereocenters. The van der Waals surface area contributed by atoms with Gasteiger partial charge in [0.1, 0.15) is 17.5 Å². The Balaban J connectivity index is 1.79. The van der Waals surface area contributed by atoms with Gasteiger partial charge in [-0.05, 0) is 32.2 Å². The molecule has 0 saturated carbocycles. The minimum atomic E-state index is -1.04. The molecular weight excluding hydrogens is 334 g/mol. The average molecular weight is 357 g/mol. The number of carbonyl (C=O) groups excluding carboxylic acids is 1. The van der Waals surface area contributed by atoms with E-state index in [0.717, 1.165) is 10.8 Å². The number of aromatic nitrogens is 1. The van der Waals surface area contributed by atoms with Crippen LogP contribution >= 0.6 is 0 Å². The van der Waals surface area contributed by atoms with Gasteiger partial charge in [-0.25, -0.2) is 14.6 Å². The zero-order valence-electron chi connectivity index (χ0n) is 15.1. The van der Waals surface area contributed by atoms with Crippen molar-refractivity contribution in [1.82, 2.24) is 9.88 Å². The second kappa shape index (κ2) is 6.82. The summed E-state index contributed by atoms with van der Waals surface area (Å²) >= 11 is 0. The second-order valence-corrected chi connectivity index (χ2v) is 7.44. The minimum absolute atomic E-state index is 0.220. The van der Waals surface area contributed by atoms with E-state index in [1.807, 2.05) is 30.3 Å². The summed E-state index contributed by atoms with van der Waals surface area (Å²) in [6, 6.07) is 8.61. The number of ether oxygens (including phenoxy) is 1. The Morgan fingerprint density at radius 2 is 2.00 bits per heavy atom. The first-order valence-corrected chi connectivity index (χ1v) is 8.57. The third-order valence-electron chi connectivity index (χ3n) is 4.23. The molecule has 1 saturated heterocycles. The maximum Gasteiger partial charge on any atom is 0.411 e. The number of nitrogens with one attached hydrogen (secondary N) is 1. The Bertz CT molecular complexity index is 826. The van der Waals surface area contributed by atoms with Crippen LogP contribution in [0.3, 0.4) is 0 Å². The number of aliphatic carboxylic acids is 1. The van der Waals surface area contributed by atoms with Crippen molar-refractivity contribution in [3.05, 3.63) is 36.5 Å². The standard InChI is InChI=1S/C19H23N3O4/c1-19(2,3)26-18(25)22-11-13(10-15(22)17(23)24)21-16-14-7-5-4-6-12(14)8-9-20-16/h4-9,13,15H,10-11H2,1-3H3,(H,20,21)(H,23,24)/t13-,15+/m1/s1. The fraction of sp³-hybridized carbons (Fsp3) is 0.421. The van der Waals surface area contributed by atoms with Crippen LogP contribution < -0.4 is 5.32 Å². The van der Waals surface area contributed by atoms with Crippen LogP contribution in [0.5, 0.6) is 0 Å². The summed E-state index contributed by atoms with van der Waals surface area (Å²) < 4.78 is 5.35. The first kappa shape index (κ1) is 18.0. The molecule has 26 heavy (non-hydrogen) atoms. The summed E-state index contributed by atoms with van der Waals surface area (Å²) in [4.78, 5) is 29.6. The number of rotatable bonds is 3. The molecule has 0 spiro atoms. The lowest BCUT2D eigenvalue weighted by Gasteiger charge is -2.26. The van der Waals surface area contributed by atoms with Crippen LogP contribution in [0.25, 0.3) is 10.8 Å². The number of amides is 1. The van der Waals surface area contributed by atoms with E-state index in [0.29, 0.717) is 12.2 Å². The monoisotopic (exact) mass is 357 g/mol. The molecule has 1 aromatic heterocycles. The number of nitrogens with zero attached hydrogens (tertiary/aromatic N) is 2. The van der Waals surface area contributed by atoms with Crippen molar-refractivity contribution in [2.24, 2.45) is 0 Å². The number of likely N-dealkylation sites (tertiary alicyclic amines) is 1. The molecule has 1 amide bonds. The fourth-order valence-electron chi connectivity index (χ4n) is 3.12. The molecule has 3 rings (SSSR count). The Labute approximate surface area is 152 Å². The number of anilines is 1. The van der Waals surface area contributed by atoms with E-state index in [9.17, 15) is 14.7 Å². The van der Waals surface area contributed by atoms with Crippen molar-refractivity contribution < 1.29 is 19.4 Å². The average Bonchev–Trinajstić information content (AvgIpc) is 2.98. The van der Waals surface area contributed by atoms with E-state index in [4.69, 9.17) is 4.74 Å². The molecule has 1 fully saturated rings. The van der Waals surface area contributed by atoms with Crippen molar-refractivity contribution >= 4 is 28.7 Å². The summed E-state index contributed by atoms with van der Waals surface area (Å²) in [6.45, 7) is 5.52. The summed E-state index contributed by atoms with van der Waals surface area (Å²) in [5, 5.41) is 14.8. The van der Waals surface area contributed by atoms with Crippen LogP contribution in [0.15, 0.2) is 36.5 Å². The van der Waals surface area contributed by atoms with Crippen LogP contribution in [-0.2, 0) is 9.53 Å². The molecule has 7 heteroatoms. The lowest BCUT2D eigenvalue weighted by molar-refractivity contribution is -0.142. The molecule has 2 heterocycles. The molecule has 0 unspecified atom stereocenters. The van der Waals surface area contributed by atoms with Crippen LogP contribution in [0.4, 0.5) is 10.6 Å². The van der Waals surface area contributed by atoms with E-state index < -0.39 is 23.7 Å². The minimum Gasteiger partial charge on any atom is -0.480 e. The smallest absolute Gasteiger partial charge is 0.411 e. The van der Waals surface area contributed by atoms with E-state index in [2.05, 4.69) is 10.3 Å². The van der Waals surface area contributed by atoms with Gasteiger partial charge >= 0.3 is 12.1 Å². The molecule has 7 nitrogen and oxygen atoms in total. The molecule has 1 aliphatic heterocycles. The lowest BCUT2D eigenvalue weighted by atomic mass is 10.1. The maximum absolute atomic E-state index is 12.4. The van der Waals surface area contributed by atoms with E-state index >= 15 is 0 Å². The van der Waals surface area contributed by atoms with Crippen molar-refractivity contribution in [3.63, 3.8) is 0 Å². The van der Waals surface area contributed by atoms with Crippen LogP contribution in [0, 0.1) is 0 Å². The van der Waals surface area contributed by atoms with Gasteiger partial charge in [0.2, 0.25) is 0 Å². The van der Waals surface area contributed by atoms with Gasteiger partial charge in [-0.15, -0.1) is 0 Å². The number of hydrogen-bond acceptors (Lipinski definition) is 5. The number of carboxylic acid groups (broad SMARTS) is 1. The van der Waals surface area contributed by atoms with E-state index in [-0.39, 0.29) is 12.6 Å². The third-order valence-corrected chi connectivity index (χ3v) is 4.23. The molecular formula is C19H23N3O4. The predicted octanol–water partition coefficient (Wildman–Crippen LogP) is 3.11. The Morgan fingerprint density at radius 1 is 1.27 bits per heavy atom. The first-order chi connectivity index (χ1) is 12.2. The highest BCUT2D eigenvalue weighted by Gasteiger charge is 2.41. The summed E-state index contributed by atoms with van der Waals surface area (Å²) in [7, 11) is 0. The number of hydrogen-bond donors (Lipinski definition) is 2. The maximum atomic E-state index is 12.4. The zero-order valence-corrected chi connectivity index (χ0v) is 15.1. The Morgan fingerprint density at radius 3 is 2.69 bits per heavy atom. The van der Waals surface area contributed by atoms with Gasteiger partial charge < -0.3 is 15.2 Å².